The van der Waals surface area contributed by atoms with Gasteiger partial charge in [0, 0.05) is 62.1 Å². The van der Waals surface area contributed by atoms with Crippen LogP contribution in [0.5, 0.6) is 5.75 Å². The minimum absolute atomic E-state index is 0.0574. The van der Waals surface area contributed by atoms with Gasteiger partial charge in [-0.1, -0.05) is 12.1 Å². The fourth-order valence-electron chi connectivity index (χ4n) is 5.04. The smallest absolute Gasteiger partial charge is 0.406 e. The van der Waals surface area contributed by atoms with E-state index in [0.717, 1.165) is 25.2 Å². The number of aliphatic hydroxyl groups excluding tert-OH is 1. The molecule has 2 aromatic carbocycles. The topological polar surface area (TPSA) is 149 Å². The Morgan fingerprint density at radius 1 is 0.769 bits per heavy atom. The zero-order chi connectivity index (χ0) is 36.9. The van der Waals surface area contributed by atoms with Crippen LogP contribution in [0.15, 0.2) is 60.9 Å². The molecule has 0 saturated carbocycles. The van der Waals surface area contributed by atoms with Crippen molar-refractivity contribution in [2.45, 2.75) is 6.36 Å². The van der Waals surface area contributed by atoms with Gasteiger partial charge in [0.15, 0.2) is 0 Å². The lowest BCUT2D eigenvalue weighted by Gasteiger charge is -2.34. The summed E-state index contributed by atoms with van der Waals surface area (Å²) in [7, 11) is 0. The highest BCUT2D eigenvalue weighted by Crippen LogP contribution is 2.26. The van der Waals surface area contributed by atoms with E-state index in [0.29, 0.717) is 108 Å². The van der Waals surface area contributed by atoms with Gasteiger partial charge in [0.1, 0.15) is 17.9 Å². The quantitative estimate of drug-likeness (QED) is 0.0915. The Hall–Kier alpha value is -3.94. The molecule has 1 aromatic heterocycles. The minimum Gasteiger partial charge on any atom is -0.406 e. The SMILES string of the molecule is O=C(c1cccc(-c2cc(Nc3ccc(OC(F)(F)F)cc3)ncn2)c1)N1CCN(CCOCCOCCOCCOCCOCCNCO)CC1. The first-order valence-corrected chi connectivity index (χ1v) is 17.1. The number of carbonyl (C=O) groups is 1. The highest BCUT2D eigenvalue weighted by molar-refractivity contribution is 5.95. The number of piperazine rings is 1. The number of nitrogens with one attached hydrogen (secondary N) is 2. The van der Waals surface area contributed by atoms with E-state index >= 15 is 0 Å². The molecule has 0 aliphatic carbocycles. The molecular formula is C35H47F3N6O8. The van der Waals surface area contributed by atoms with E-state index in [4.69, 9.17) is 28.8 Å². The number of aromatic nitrogens is 2. The maximum absolute atomic E-state index is 13.4. The summed E-state index contributed by atoms with van der Waals surface area (Å²) in [6.07, 6.45) is -3.39. The van der Waals surface area contributed by atoms with Crippen molar-refractivity contribution in [2.75, 3.05) is 117 Å². The molecule has 0 unspecified atom stereocenters. The third kappa shape index (κ3) is 15.7. The van der Waals surface area contributed by atoms with Crippen molar-refractivity contribution in [3.63, 3.8) is 0 Å². The summed E-state index contributed by atoms with van der Waals surface area (Å²) in [5, 5.41) is 14.4. The first kappa shape index (κ1) is 40.8. The Balaban J connectivity index is 1.06. The average Bonchev–Trinajstić information content (AvgIpc) is 3.15. The van der Waals surface area contributed by atoms with Crippen LogP contribution < -0.4 is 15.4 Å². The number of hydrogen-bond acceptors (Lipinski definition) is 13. The number of halogens is 3. The minimum atomic E-state index is -4.76. The van der Waals surface area contributed by atoms with Crippen LogP contribution in [0.3, 0.4) is 0 Å². The van der Waals surface area contributed by atoms with Gasteiger partial charge in [-0.2, -0.15) is 0 Å². The van der Waals surface area contributed by atoms with Crippen molar-refractivity contribution >= 4 is 17.4 Å². The summed E-state index contributed by atoms with van der Waals surface area (Å²) >= 11 is 0. The summed E-state index contributed by atoms with van der Waals surface area (Å²) in [5.41, 5.74) is 2.37. The molecule has 3 N–H and O–H groups in total. The van der Waals surface area contributed by atoms with Crippen LogP contribution in [0, 0.1) is 0 Å². The molecule has 1 aliphatic rings. The number of benzene rings is 2. The van der Waals surface area contributed by atoms with Crippen LogP contribution in [-0.4, -0.2) is 149 Å². The number of rotatable bonds is 24. The maximum atomic E-state index is 13.4. The monoisotopic (exact) mass is 736 g/mol. The maximum Gasteiger partial charge on any atom is 0.573 e. The molecular weight excluding hydrogens is 689 g/mol. The van der Waals surface area contributed by atoms with Gasteiger partial charge in [0.25, 0.3) is 5.91 Å². The number of aliphatic hydroxyl groups is 1. The highest BCUT2D eigenvalue weighted by Gasteiger charge is 2.31. The summed E-state index contributed by atoms with van der Waals surface area (Å²) in [4.78, 5) is 26.0. The lowest BCUT2D eigenvalue weighted by Crippen LogP contribution is -2.49. The van der Waals surface area contributed by atoms with Gasteiger partial charge in [0.2, 0.25) is 0 Å². The number of carbonyl (C=O) groups excluding carboxylic acids is 1. The number of anilines is 2. The number of nitrogens with zero attached hydrogens (tertiary/aromatic N) is 4. The van der Waals surface area contributed by atoms with E-state index in [1.165, 1.54) is 30.6 Å². The van der Waals surface area contributed by atoms with Gasteiger partial charge in [-0.15, -0.1) is 13.2 Å². The summed E-state index contributed by atoms with van der Waals surface area (Å²) < 4.78 is 68.7. The predicted octanol–water partition coefficient (Wildman–Crippen LogP) is 3.17. The first-order chi connectivity index (χ1) is 25.3. The third-order valence-electron chi connectivity index (χ3n) is 7.67. The molecule has 17 heteroatoms. The van der Waals surface area contributed by atoms with Gasteiger partial charge >= 0.3 is 6.36 Å². The molecule has 1 saturated heterocycles. The molecule has 2 heterocycles. The highest BCUT2D eigenvalue weighted by atomic mass is 19.4. The van der Waals surface area contributed by atoms with Crippen molar-refractivity contribution in [1.82, 2.24) is 25.1 Å². The first-order valence-electron chi connectivity index (χ1n) is 17.1. The molecule has 4 rings (SSSR count). The van der Waals surface area contributed by atoms with Crippen molar-refractivity contribution in [1.29, 1.82) is 0 Å². The van der Waals surface area contributed by atoms with E-state index in [9.17, 15) is 18.0 Å². The summed E-state index contributed by atoms with van der Waals surface area (Å²) in [5.74, 6) is 0.0517. The fourth-order valence-corrected chi connectivity index (χ4v) is 5.04. The zero-order valence-corrected chi connectivity index (χ0v) is 29.0. The van der Waals surface area contributed by atoms with E-state index in [2.05, 4.69) is 30.2 Å². The van der Waals surface area contributed by atoms with Crippen molar-refractivity contribution in [2.24, 2.45) is 0 Å². The molecule has 0 radical (unpaired) electrons. The molecule has 14 nitrogen and oxygen atoms in total. The average molecular weight is 737 g/mol. The Bertz CT molecular complexity index is 1450. The van der Waals surface area contributed by atoms with Crippen LogP contribution in [0.4, 0.5) is 24.7 Å². The normalized spacial score (nSPS) is 13.7. The second kappa shape index (κ2) is 22.9. The van der Waals surface area contributed by atoms with Gasteiger partial charge in [-0.3, -0.25) is 15.0 Å². The molecule has 1 fully saturated rings. The second-order valence-corrected chi connectivity index (χ2v) is 11.4. The fraction of sp³-hybridized carbons (Fsp3) is 0.514. The Labute approximate surface area is 301 Å². The standard InChI is InChI=1S/C35H47F3N6O8/c36-35(37,38)52-31-6-4-30(5-7-31)42-33-25-32(40-26-41-33)28-2-1-3-29(24-28)34(46)44-11-9-43(10-12-44)13-15-48-17-19-50-21-23-51-22-20-49-18-16-47-14-8-39-27-45/h1-7,24-26,39,45H,8-23,27H2,(H,40,41,42). The van der Waals surface area contributed by atoms with Crippen molar-refractivity contribution in [3.8, 4) is 17.0 Å². The second-order valence-electron chi connectivity index (χ2n) is 11.4. The van der Waals surface area contributed by atoms with Gasteiger partial charge in [-0.25, -0.2) is 9.97 Å². The summed E-state index contributed by atoms with van der Waals surface area (Å²) in [6.45, 7) is 8.97. The zero-order valence-electron chi connectivity index (χ0n) is 29.0. The third-order valence-corrected chi connectivity index (χ3v) is 7.67. The Kier molecular flexibility index (Phi) is 18.0. The number of ether oxygens (including phenoxy) is 6. The Morgan fingerprint density at radius 2 is 1.38 bits per heavy atom. The molecule has 1 aliphatic heterocycles. The van der Waals surface area contributed by atoms with Crippen molar-refractivity contribution < 1.29 is 51.5 Å². The molecule has 1 amide bonds. The van der Waals surface area contributed by atoms with E-state index < -0.39 is 6.36 Å². The largest absolute Gasteiger partial charge is 0.573 e. The summed E-state index contributed by atoms with van der Waals surface area (Å²) in [6, 6.07) is 14.2. The van der Waals surface area contributed by atoms with E-state index in [1.54, 1.807) is 24.3 Å². The predicted molar refractivity (Wildman–Crippen MR) is 185 cm³/mol. The van der Waals surface area contributed by atoms with Crippen LogP contribution >= 0.6 is 0 Å². The van der Waals surface area contributed by atoms with Crippen molar-refractivity contribution in [3.05, 3.63) is 66.5 Å². The van der Waals surface area contributed by atoms with Crippen LogP contribution in [0.25, 0.3) is 11.3 Å². The number of hydrogen-bond donors (Lipinski definition) is 3. The Morgan fingerprint density at radius 3 is 2.00 bits per heavy atom. The number of amides is 1. The van der Waals surface area contributed by atoms with E-state index in [1.807, 2.05) is 11.0 Å². The molecule has 0 spiro atoms. The lowest BCUT2D eigenvalue weighted by molar-refractivity contribution is -0.274. The van der Waals surface area contributed by atoms with Gasteiger partial charge in [0.05, 0.1) is 78.5 Å². The lowest BCUT2D eigenvalue weighted by atomic mass is 10.1. The number of alkyl halides is 3. The molecule has 52 heavy (non-hydrogen) atoms. The molecule has 286 valence electrons. The van der Waals surface area contributed by atoms with Gasteiger partial charge in [-0.05, 0) is 36.4 Å². The molecule has 0 bridgehead atoms. The van der Waals surface area contributed by atoms with Crippen LogP contribution in [0.1, 0.15) is 10.4 Å². The van der Waals surface area contributed by atoms with Crippen LogP contribution in [0.2, 0.25) is 0 Å². The van der Waals surface area contributed by atoms with E-state index in [-0.39, 0.29) is 18.4 Å². The molecule has 3 aromatic rings. The van der Waals surface area contributed by atoms with Crippen LogP contribution in [-0.2, 0) is 23.7 Å². The van der Waals surface area contributed by atoms with Gasteiger partial charge < -0.3 is 43.7 Å². The molecule has 0 atom stereocenters.